The Morgan fingerprint density at radius 1 is 1.42 bits per heavy atom. The Balaban J connectivity index is 2.54. The molecule has 1 aromatic carbocycles. The number of rotatable bonds is 0. The van der Waals surface area contributed by atoms with Gasteiger partial charge in [0.15, 0.2) is 0 Å². The fourth-order valence-electron chi connectivity index (χ4n) is 1.58. The first-order chi connectivity index (χ1) is 5.79. The Bertz CT molecular complexity index is 310. The van der Waals surface area contributed by atoms with Crippen LogP contribution in [0.4, 0.5) is 10.1 Å². The Kier molecular flexibility index (Phi) is 1.73. The molecule has 1 aliphatic heterocycles. The number of nitrogen functional groups attached to an aromatic ring is 1. The van der Waals surface area contributed by atoms with Crippen molar-refractivity contribution in [2.45, 2.75) is 13.0 Å². The van der Waals surface area contributed by atoms with Crippen molar-refractivity contribution in [1.82, 2.24) is 5.32 Å². The number of hydrogen-bond donors (Lipinski definition) is 2. The van der Waals surface area contributed by atoms with Gasteiger partial charge >= 0.3 is 0 Å². The molecule has 2 nitrogen and oxygen atoms in total. The van der Waals surface area contributed by atoms with Crippen molar-refractivity contribution in [2.24, 2.45) is 0 Å². The molecule has 0 atom stereocenters. The van der Waals surface area contributed by atoms with Gasteiger partial charge in [0, 0.05) is 6.54 Å². The lowest BCUT2D eigenvalue weighted by Crippen LogP contribution is -2.24. The van der Waals surface area contributed by atoms with E-state index >= 15 is 0 Å². The van der Waals surface area contributed by atoms with E-state index in [1.807, 2.05) is 0 Å². The van der Waals surface area contributed by atoms with Gasteiger partial charge in [0.05, 0.1) is 5.69 Å². The predicted molar refractivity (Wildman–Crippen MR) is 46.2 cm³/mol. The third kappa shape index (κ3) is 1.06. The van der Waals surface area contributed by atoms with Gasteiger partial charge in [-0.2, -0.15) is 0 Å². The van der Waals surface area contributed by atoms with Crippen LogP contribution in [-0.2, 0) is 13.0 Å². The van der Waals surface area contributed by atoms with E-state index in [1.165, 1.54) is 6.07 Å². The zero-order chi connectivity index (χ0) is 8.55. The smallest absolute Gasteiger partial charge is 0.146 e. The summed E-state index contributed by atoms with van der Waals surface area (Å²) in [7, 11) is 0. The second-order valence-corrected chi connectivity index (χ2v) is 3.03. The maximum absolute atomic E-state index is 13.0. The molecule has 64 valence electrons. The van der Waals surface area contributed by atoms with Gasteiger partial charge in [-0.05, 0) is 30.2 Å². The molecule has 0 saturated carbocycles. The van der Waals surface area contributed by atoms with Crippen molar-refractivity contribution in [3.63, 3.8) is 0 Å². The molecule has 0 unspecified atom stereocenters. The zero-order valence-electron chi connectivity index (χ0n) is 6.73. The van der Waals surface area contributed by atoms with Gasteiger partial charge in [0.25, 0.3) is 0 Å². The van der Waals surface area contributed by atoms with E-state index in [0.29, 0.717) is 5.69 Å². The van der Waals surface area contributed by atoms with Crippen LogP contribution in [-0.4, -0.2) is 6.54 Å². The Morgan fingerprint density at radius 2 is 2.25 bits per heavy atom. The Morgan fingerprint density at radius 3 is 3.08 bits per heavy atom. The van der Waals surface area contributed by atoms with E-state index in [0.717, 1.165) is 30.6 Å². The lowest BCUT2D eigenvalue weighted by molar-refractivity contribution is 0.611. The number of halogens is 1. The first-order valence-corrected chi connectivity index (χ1v) is 4.05. The summed E-state index contributed by atoms with van der Waals surface area (Å²) >= 11 is 0. The van der Waals surface area contributed by atoms with Crippen molar-refractivity contribution in [1.29, 1.82) is 0 Å². The third-order valence-corrected chi connectivity index (χ3v) is 2.27. The molecular weight excluding hydrogens is 155 g/mol. The highest BCUT2D eigenvalue weighted by Gasteiger charge is 2.13. The summed E-state index contributed by atoms with van der Waals surface area (Å²) in [5, 5.41) is 3.21. The first kappa shape index (κ1) is 7.55. The monoisotopic (exact) mass is 166 g/mol. The minimum absolute atomic E-state index is 0.296. The molecule has 1 heterocycles. The van der Waals surface area contributed by atoms with E-state index in [2.05, 4.69) is 5.32 Å². The Hall–Kier alpha value is -1.09. The average molecular weight is 166 g/mol. The highest BCUT2D eigenvalue weighted by molar-refractivity contribution is 5.53. The maximum atomic E-state index is 13.0. The van der Waals surface area contributed by atoms with Crippen LogP contribution in [0.3, 0.4) is 0 Å². The van der Waals surface area contributed by atoms with E-state index < -0.39 is 0 Å². The van der Waals surface area contributed by atoms with Gasteiger partial charge in [-0.25, -0.2) is 4.39 Å². The van der Waals surface area contributed by atoms with Crippen LogP contribution in [0.25, 0.3) is 0 Å². The van der Waals surface area contributed by atoms with Gasteiger partial charge in [-0.1, -0.05) is 6.07 Å². The average Bonchev–Trinajstić information content (AvgIpc) is 2.12. The molecule has 1 aliphatic rings. The van der Waals surface area contributed by atoms with E-state index in [9.17, 15) is 4.39 Å². The molecular formula is C9H11FN2. The molecule has 0 radical (unpaired) electrons. The molecule has 0 saturated heterocycles. The lowest BCUT2D eigenvalue weighted by atomic mass is 9.99. The molecule has 0 aliphatic carbocycles. The number of hydrogen-bond acceptors (Lipinski definition) is 2. The van der Waals surface area contributed by atoms with Crippen molar-refractivity contribution in [2.75, 3.05) is 12.3 Å². The summed E-state index contributed by atoms with van der Waals surface area (Å²) in [5.41, 5.74) is 8.03. The zero-order valence-corrected chi connectivity index (χ0v) is 6.73. The predicted octanol–water partition coefficient (Wildman–Crippen LogP) is 1.05. The SMILES string of the molecule is Nc1c(F)ccc2c1CCNC2. The van der Waals surface area contributed by atoms with Gasteiger partial charge in [-0.3, -0.25) is 0 Å². The van der Waals surface area contributed by atoms with Crippen molar-refractivity contribution in [3.05, 3.63) is 29.1 Å². The highest BCUT2D eigenvalue weighted by Crippen LogP contribution is 2.23. The Labute approximate surface area is 70.6 Å². The summed E-state index contributed by atoms with van der Waals surface area (Å²) in [4.78, 5) is 0. The largest absolute Gasteiger partial charge is 0.396 e. The summed E-state index contributed by atoms with van der Waals surface area (Å²) in [6, 6.07) is 3.23. The molecule has 2 rings (SSSR count). The highest BCUT2D eigenvalue weighted by atomic mass is 19.1. The van der Waals surface area contributed by atoms with Crippen LogP contribution in [0.1, 0.15) is 11.1 Å². The lowest BCUT2D eigenvalue weighted by Gasteiger charge is -2.18. The summed E-state index contributed by atoms with van der Waals surface area (Å²) in [6.07, 6.45) is 0.832. The van der Waals surface area contributed by atoms with E-state index in [-0.39, 0.29) is 5.82 Å². The molecule has 0 aromatic heterocycles. The summed E-state index contributed by atoms with van der Waals surface area (Å²) < 4.78 is 13.0. The van der Waals surface area contributed by atoms with Crippen LogP contribution in [0.5, 0.6) is 0 Å². The molecule has 3 heteroatoms. The number of nitrogens with one attached hydrogen (secondary N) is 1. The molecule has 0 amide bonds. The van der Waals surface area contributed by atoms with Gasteiger partial charge < -0.3 is 11.1 Å². The third-order valence-electron chi connectivity index (χ3n) is 2.27. The molecule has 0 spiro atoms. The standard InChI is InChI=1S/C9H11FN2/c10-8-2-1-6-5-12-4-3-7(6)9(8)11/h1-2,12H,3-5,11H2. The molecule has 0 bridgehead atoms. The molecule has 0 fully saturated rings. The van der Waals surface area contributed by atoms with Crippen molar-refractivity contribution >= 4 is 5.69 Å². The fourth-order valence-corrected chi connectivity index (χ4v) is 1.58. The van der Waals surface area contributed by atoms with E-state index in [4.69, 9.17) is 5.73 Å². The molecule has 3 N–H and O–H groups in total. The van der Waals surface area contributed by atoms with Crippen LogP contribution in [0.15, 0.2) is 12.1 Å². The first-order valence-electron chi connectivity index (χ1n) is 4.05. The van der Waals surface area contributed by atoms with Crippen molar-refractivity contribution < 1.29 is 4.39 Å². The maximum Gasteiger partial charge on any atom is 0.146 e. The van der Waals surface area contributed by atoms with Gasteiger partial charge in [0.2, 0.25) is 0 Å². The minimum Gasteiger partial charge on any atom is -0.396 e. The van der Waals surface area contributed by atoms with E-state index in [1.54, 1.807) is 6.07 Å². The van der Waals surface area contributed by atoms with Gasteiger partial charge in [-0.15, -0.1) is 0 Å². The fraction of sp³-hybridized carbons (Fsp3) is 0.333. The number of benzene rings is 1. The minimum atomic E-state index is -0.296. The van der Waals surface area contributed by atoms with Crippen LogP contribution in [0, 0.1) is 5.82 Å². The number of anilines is 1. The topological polar surface area (TPSA) is 38.0 Å². The van der Waals surface area contributed by atoms with Gasteiger partial charge in [0.1, 0.15) is 5.82 Å². The molecule has 1 aromatic rings. The second-order valence-electron chi connectivity index (χ2n) is 3.03. The van der Waals surface area contributed by atoms with Crippen molar-refractivity contribution in [3.8, 4) is 0 Å². The van der Waals surface area contributed by atoms with Crippen LogP contribution < -0.4 is 11.1 Å². The number of nitrogens with two attached hydrogens (primary N) is 1. The molecule has 12 heavy (non-hydrogen) atoms. The van der Waals surface area contributed by atoms with Crippen LogP contribution >= 0.6 is 0 Å². The summed E-state index contributed by atoms with van der Waals surface area (Å²) in [5.74, 6) is -0.296. The normalized spacial score (nSPS) is 15.8. The van der Waals surface area contributed by atoms with Crippen LogP contribution in [0.2, 0.25) is 0 Å². The second kappa shape index (κ2) is 2.75. The summed E-state index contributed by atoms with van der Waals surface area (Å²) in [6.45, 7) is 1.69. The number of fused-ring (bicyclic) bond motifs is 1. The quantitative estimate of drug-likeness (QED) is 0.565.